The summed E-state index contributed by atoms with van der Waals surface area (Å²) in [5.41, 5.74) is 1.29. The molecule has 2 rings (SSSR count). The predicted octanol–water partition coefficient (Wildman–Crippen LogP) is 1.73. The maximum Gasteiger partial charge on any atom is 0.252 e. The van der Waals surface area contributed by atoms with Crippen molar-refractivity contribution in [3.63, 3.8) is 0 Å². The van der Waals surface area contributed by atoms with Gasteiger partial charge in [0.2, 0.25) is 0 Å². The molecule has 5 heteroatoms. The van der Waals surface area contributed by atoms with E-state index in [-0.39, 0.29) is 6.04 Å². The third-order valence-electron chi connectivity index (χ3n) is 2.85. The van der Waals surface area contributed by atoms with Gasteiger partial charge in [-0.15, -0.1) is 0 Å². The average molecular weight is 261 g/mol. The average Bonchev–Trinajstić information content (AvgIpc) is 2.84. The molecule has 19 heavy (non-hydrogen) atoms. The minimum atomic E-state index is 0.270. The fraction of sp³-hybridized carbons (Fsp3) is 0.429. The van der Waals surface area contributed by atoms with Gasteiger partial charge in [-0.1, -0.05) is 35.5 Å². The van der Waals surface area contributed by atoms with Crippen LogP contribution in [-0.2, 0) is 17.8 Å². The molecule has 0 aliphatic carbocycles. The first kappa shape index (κ1) is 13.7. The van der Waals surface area contributed by atoms with Crippen LogP contribution in [0.1, 0.15) is 17.3 Å². The zero-order chi connectivity index (χ0) is 13.5. The van der Waals surface area contributed by atoms with E-state index in [1.807, 2.05) is 25.2 Å². The fourth-order valence-corrected chi connectivity index (χ4v) is 1.83. The predicted molar refractivity (Wildman–Crippen MR) is 71.7 cm³/mol. The number of rotatable bonds is 7. The summed E-state index contributed by atoms with van der Waals surface area (Å²) in [6.45, 7) is 2.75. The Morgan fingerprint density at radius 3 is 2.74 bits per heavy atom. The van der Waals surface area contributed by atoms with Crippen molar-refractivity contribution < 1.29 is 9.26 Å². The minimum Gasteiger partial charge on any atom is -0.370 e. The lowest BCUT2D eigenvalue weighted by molar-refractivity contribution is 0.0808. The molecule has 2 aromatic rings. The van der Waals surface area contributed by atoms with Crippen molar-refractivity contribution in [3.05, 3.63) is 47.6 Å². The molecule has 0 spiro atoms. The second kappa shape index (κ2) is 7.01. The molecular weight excluding hydrogens is 242 g/mol. The molecular formula is C14H19N3O2. The quantitative estimate of drug-likeness (QED) is 0.822. The molecule has 0 fully saturated rings. The van der Waals surface area contributed by atoms with Crippen molar-refractivity contribution in [2.75, 3.05) is 13.7 Å². The minimum absolute atomic E-state index is 0.270. The first-order chi connectivity index (χ1) is 9.28. The van der Waals surface area contributed by atoms with Gasteiger partial charge in [0.05, 0.1) is 6.61 Å². The monoisotopic (exact) mass is 261 g/mol. The number of ether oxygens (including phenoxy) is 1. The van der Waals surface area contributed by atoms with Crippen LogP contribution in [0.25, 0.3) is 0 Å². The third kappa shape index (κ3) is 4.46. The largest absolute Gasteiger partial charge is 0.370 e. The van der Waals surface area contributed by atoms with Crippen LogP contribution in [0.2, 0.25) is 0 Å². The summed E-state index contributed by atoms with van der Waals surface area (Å²) in [4.78, 5) is 4.09. The smallest absolute Gasteiger partial charge is 0.252 e. The van der Waals surface area contributed by atoms with Gasteiger partial charge >= 0.3 is 0 Å². The van der Waals surface area contributed by atoms with Crippen LogP contribution >= 0.6 is 0 Å². The number of hydrogen-bond acceptors (Lipinski definition) is 5. The number of nitrogens with one attached hydrogen (secondary N) is 1. The molecule has 0 amide bonds. The molecule has 1 aromatic heterocycles. The number of likely N-dealkylation sites (N-methyl/N-ethyl adjacent to an activating group) is 1. The van der Waals surface area contributed by atoms with Crippen LogP contribution in [0.15, 0.2) is 34.9 Å². The lowest BCUT2D eigenvalue weighted by Gasteiger charge is -2.15. The molecule has 0 saturated heterocycles. The number of aryl methyl sites for hydroxylation is 1. The van der Waals surface area contributed by atoms with Gasteiger partial charge in [-0.3, -0.25) is 0 Å². The van der Waals surface area contributed by atoms with Crippen LogP contribution in [0, 0.1) is 6.92 Å². The first-order valence-corrected chi connectivity index (χ1v) is 6.36. The highest BCUT2D eigenvalue weighted by Crippen LogP contribution is 2.05. The Kier molecular flexibility index (Phi) is 5.06. The van der Waals surface area contributed by atoms with E-state index < -0.39 is 0 Å². The second-order valence-corrected chi connectivity index (χ2v) is 4.43. The zero-order valence-electron chi connectivity index (χ0n) is 11.3. The highest BCUT2D eigenvalue weighted by atomic mass is 16.5. The van der Waals surface area contributed by atoms with Gasteiger partial charge in [-0.05, 0) is 26.0 Å². The Morgan fingerprint density at radius 1 is 1.32 bits per heavy atom. The maximum atomic E-state index is 5.60. The highest BCUT2D eigenvalue weighted by Gasteiger charge is 2.09. The van der Waals surface area contributed by atoms with Gasteiger partial charge in [-0.2, -0.15) is 4.98 Å². The molecule has 5 nitrogen and oxygen atoms in total. The number of hydrogen-bond donors (Lipinski definition) is 1. The van der Waals surface area contributed by atoms with E-state index in [2.05, 4.69) is 27.6 Å². The van der Waals surface area contributed by atoms with Crippen LogP contribution in [0.4, 0.5) is 0 Å². The lowest BCUT2D eigenvalue weighted by atomic mass is 10.1. The van der Waals surface area contributed by atoms with E-state index in [4.69, 9.17) is 9.26 Å². The van der Waals surface area contributed by atoms with E-state index >= 15 is 0 Å². The lowest BCUT2D eigenvalue weighted by Crippen LogP contribution is -2.32. The zero-order valence-corrected chi connectivity index (χ0v) is 11.3. The van der Waals surface area contributed by atoms with Gasteiger partial charge in [0.15, 0.2) is 5.82 Å². The third-order valence-corrected chi connectivity index (χ3v) is 2.85. The van der Waals surface area contributed by atoms with Gasteiger partial charge in [0.25, 0.3) is 5.89 Å². The number of aromatic nitrogens is 2. The molecule has 0 saturated carbocycles. The van der Waals surface area contributed by atoms with E-state index in [1.165, 1.54) is 5.56 Å². The molecule has 1 unspecified atom stereocenters. The normalized spacial score (nSPS) is 12.5. The number of nitrogens with zero attached hydrogens (tertiary/aromatic N) is 2. The Hall–Kier alpha value is -1.72. The van der Waals surface area contributed by atoms with Crippen molar-refractivity contribution in [1.29, 1.82) is 0 Å². The molecule has 102 valence electrons. The summed E-state index contributed by atoms with van der Waals surface area (Å²) in [5.74, 6) is 1.15. The van der Waals surface area contributed by atoms with Gasteiger partial charge in [0, 0.05) is 6.04 Å². The Balaban J connectivity index is 1.76. The van der Waals surface area contributed by atoms with Crippen LogP contribution in [0.3, 0.4) is 0 Å². The van der Waals surface area contributed by atoms with Crippen LogP contribution < -0.4 is 5.32 Å². The summed E-state index contributed by atoms with van der Waals surface area (Å²) in [7, 11) is 1.94. The highest BCUT2D eigenvalue weighted by molar-refractivity contribution is 5.15. The maximum absolute atomic E-state index is 5.60. The molecule has 1 heterocycles. The summed E-state index contributed by atoms with van der Waals surface area (Å²) in [5, 5.41) is 6.97. The molecule has 1 atom stereocenters. The first-order valence-electron chi connectivity index (χ1n) is 6.36. The molecule has 0 aliphatic rings. The van der Waals surface area contributed by atoms with Crippen molar-refractivity contribution >= 4 is 0 Å². The topological polar surface area (TPSA) is 60.2 Å². The van der Waals surface area contributed by atoms with Gasteiger partial charge in [-0.25, -0.2) is 0 Å². The SMILES string of the molecule is CNC(COCc1nc(C)no1)Cc1ccccc1. The number of benzene rings is 1. The van der Waals surface area contributed by atoms with Crippen molar-refractivity contribution in [2.45, 2.75) is 26.0 Å². The summed E-state index contributed by atoms with van der Waals surface area (Å²) >= 11 is 0. The fourth-order valence-electron chi connectivity index (χ4n) is 1.83. The van der Waals surface area contributed by atoms with Crippen molar-refractivity contribution in [2.24, 2.45) is 0 Å². The standard InChI is InChI=1S/C14H19N3O2/c1-11-16-14(19-17-11)10-18-9-13(15-2)8-12-6-4-3-5-7-12/h3-7,13,15H,8-10H2,1-2H3. The molecule has 0 radical (unpaired) electrons. The van der Waals surface area contributed by atoms with Crippen LogP contribution in [0.5, 0.6) is 0 Å². The summed E-state index contributed by atoms with van der Waals surface area (Å²) in [6, 6.07) is 10.6. The molecule has 1 aromatic carbocycles. The van der Waals surface area contributed by atoms with Crippen molar-refractivity contribution in [1.82, 2.24) is 15.5 Å². The molecule has 0 bridgehead atoms. The van der Waals surface area contributed by atoms with E-state index in [9.17, 15) is 0 Å². The summed E-state index contributed by atoms with van der Waals surface area (Å²) in [6.07, 6.45) is 0.931. The second-order valence-electron chi connectivity index (χ2n) is 4.43. The van der Waals surface area contributed by atoms with E-state index in [0.717, 1.165) is 6.42 Å². The van der Waals surface area contributed by atoms with Crippen molar-refractivity contribution in [3.8, 4) is 0 Å². The van der Waals surface area contributed by atoms with Crippen LogP contribution in [-0.4, -0.2) is 29.8 Å². The van der Waals surface area contributed by atoms with E-state index in [0.29, 0.717) is 24.9 Å². The summed E-state index contributed by atoms with van der Waals surface area (Å²) < 4.78 is 10.6. The van der Waals surface area contributed by atoms with Gasteiger partial charge in [0.1, 0.15) is 6.61 Å². The Labute approximate surface area is 113 Å². The molecule has 1 N–H and O–H groups in total. The Bertz CT molecular complexity index is 484. The van der Waals surface area contributed by atoms with E-state index in [1.54, 1.807) is 6.92 Å². The van der Waals surface area contributed by atoms with Gasteiger partial charge < -0.3 is 14.6 Å². The molecule has 0 aliphatic heterocycles. The Morgan fingerprint density at radius 2 is 2.11 bits per heavy atom.